The molecule has 0 atom stereocenters. The molecule has 102 valence electrons. The van der Waals surface area contributed by atoms with E-state index >= 15 is 0 Å². The number of carboxylic acids is 1. The number of carbonyl (C=O) groups excluding carboxylic acids is 1. The number of nitrogens with one attached hydrogen (secondary N) is 1. The van der Waals surface area contributed by atoms with Crippen LogP contribution < -0.4 is 5.32 Å². The molecule has 20 heavy (non-hydrogen) atoms. The van der Waals surface area contributed by atoms with Gasteiger partial charge < -0.3 is 10.4 Å². The van der Waals surface area contributed by atoms with Crippen molar-refractivity contribution >= 4 is 17.6 Å². The van der Waals surface area contributed by atoms with Gasteiger partial charge in [-0.3, -0.25) is 9.78 Å². The monoisotopic (exact) mass is 274 g/mol. The summed E-state index contributed by atoms with van der Waals surface area (Å²) in [5.41, 5.74) is 0.894. The van der Waals surface area contributed by atoms with Crippen LogP contribution in [0.2, 0.25) is 0 Å². The minimum atomic E-state index is -1.10. The number of rotatable bonds is 3. The van der Waals surface area contributed by atoms with Crippen molar-refractivity contribution in [2.45, 2.75) is 6.92 Å². The molecule has 0 aliphatic rings. The van der Waals surface area contributed by atoms with Gasteiger partial charge in [0.25, 0.3) is 5.91 Å². The molecule has 0 saturated carbocycles. The largest absolute Gasteiger partial charge is 0.478 e. The molecule has 0 spiro atoms. The molecule has 1 heterocycles. The topological polar surface area (TPSA) is 79.3 Å². The van der Waals surface area contributed by atoms with Gasteiger partial charge in [0.2, 0.25) is 0 Å². The molecule has 0 aliphatic heterocycles. The standard InChI is InChI=1S/C14H11FN2O3/c1-8-2-3-9(14(19)20)6-12(8)17-13(18)10-4-5-16-7-11(10)15/h2-7H,1H3,(H,17,18)(H,19,20). The van der Waals surface area contributed by atoms with Gasteiger partial charge >= 0.3 is 5.97 Å². The number of aromatic nitrogens is 1. The number of aryl methyl sites for hydroxylation is 1. The normalized spacial score (nSPS) is 10.1. The Morgan fingerprint density at radius 3 is 2.70 bits per heavy atom. The van der Waals surface area contributed by atoms with Gasteiger partial charge in [0, 0.05) is 11.9 Å². The van der Waals surface area contributed by atoms with E-state index in [1.54, 1.807) is 13.0 Å². The Balaban J connectivity index is 2.30. The fraction of sp³-hybridized carbons (Fsp3) is 0.0714. The number of benzene rings is 1. The number of anilines is 1. The first-order chi connectivity index (χ1) is 9.49. The summed E-state index contributed by atoms with van der Waals surface area (Å²) in [7, 11) is 0. The molecule has 0 fully saturated rings. The van der Waals surface area contributed by atoms with E-state index in [0.29, 0.717) is 11.3 Å². The van der Waals surface area contributed by atoms with E-state index < -0.39 is 17.7 Å². The van der Waals surface area contributed by atoms with E-state index in [2.05, 4.69) is 10.3 Å². The third kappa shape index (κ3) is 2.80. The SMILES string of the molecule is Cc1ccc(C(=O)O)cc1NC(=O)c1ccncc1F. The van der Waals surface area contributed by atoms with Crippen LogP contribution in [0.3, 0.4) is 0 Å². The van der Waals surface area contributed by atoms with Gasteiger partial charge in [0.15, 0.2) is 5.82 Å². The average molecular weight is 274 g/mol. The molecule has 1 aromatic carbocycles. The van der Waals surface area contributed by atoms with E-state index in [1.807, 2.05) is 0 Å². The predicted octanol–water partition coefficient (Wildman–Crippen LogP) is 2.48. The molecule has 0 saturated heterocycles. The molecule has 2 aromatic rings. The van der Waals surface area contributed by atoms with E-state index in [9.17, 15) is 14.0 Å². The summed E-state index contributed by atoms with van der Waals surface area (Å²) in [5, 5.41) is 11.4. The predicted molar refractivity (Wildman–Crippen MR) is 70.3 cm³/mol. The van der Waals surface area contributed by atoms with Gasteiger partial charge in [-0.2, -0.15) is 0 Å². The van der Waals surface area contributed by atoms with Crippen molar-refractivity contribution in [3.8, 4) is 0 Å². The molecule has 5 nitrogen and oxygen atoms in total. The molecule has 1 amide bonds. The third-order valence-corrected chi connectivity index (χ3v) is 2.75. The summed E-state index contributed by atoms with van der Waals surface area (Å²) >= 11 is 0. The number of hydrogen-bond donors (Lipinski definition) is 2. The Labute approximate surface area is 114 Å². The van der Waals surface area contributed by atoms with E-state index in [1.165, 1.54) is 24.4 Å². The van der Waals surface area contributed by atoms with Crippen LogP contribution >= 0.6 is 0 Å². The Bertz CT molecular complexity index is 686. The molecular weight excluding hydrogens is 263 g/mol. The number of halogens is 1. The molecule has 2 N–H and O–H groups in total. The lowest BCUT2D eigenvalue weighted by molar-refractivity contribution is 0.0696. The van der Waals surface area contributed by atoms with Crippen LogP contribution in [-0.2, 0) is 0 Å². The highest BCUT2D eigenvalue weighted by molar-refractivity contribution is 6.05. The number of pyridine rings is 1. The van der Waals surface area contributed by atoms with Crippen molar-refractivity contribution in [1.82, 2.24) is 4.98 Å². The Kier molecular flexibility index (Phi) is 3.74. The Morgan fingerprint density at radius 1 is 1.30 bits per heavy atom. The highest BCUT2D eigenvalue weighted by atomic mass is 19.1. The zero-order chi connectivity index (χ0) is 14.7. The minimum Gasteiger partial charge on any atom is -0.478 e. The van der Waals surface area contributed by atoms with Crippen LogP contribution in [0.4, 0.5) is 10.1 Å². The maximum absolute atomic E-state index is 13.4. The number of aromatic carboxylic acids is 1. The lowest BCUT2D eigenvalue weighted by Gasteiger charge is -2.09. The maximum Gasteiger partial charge on any atom is 0.335 e. The van der Waals surface area contributed by atoms with Crippen LogP contribution in [0, 0.1) is 12.7 Å². The quantitative estimate of drug-likeness (QED) is 0.901. The van der Waals surface area contributed by atoms with Gasteiger partial charge in [0.05, 0.1) is 17.3 Å². The molecule has 0 unspecified atom stereocenters. The maximum atomic E-state index is 13.4. The average Bonchev–Trinajstić information content (AvgIpc) is 2.41. The highest BCUT2D eigenvalue weighted by Gasteiger charge is 2.13. The zero-order valence-corrected chi connectivity index (χ0v) is 10.6. The van der Waals surface area contributed by atoms with E-state index in [0.717, 1.165) is 6.20 Å². The van der Waals surface area contributed by atoms with Crippen LogP contribution in [0.15, 0.2) is 36.7 Å². The van der Waals surface area contributed by atoms with Crippen LogP contribution in [0.1, 0.15) is 26.3 Å². The Morgan fingerprint density at radius 2 is 2.05 bits per heavy atom. The first-order valence-electron chi connectivity index (χ1n) is 5.74. The molecule has 0 bridgehead atoms. The van der Waals surface area contributed by atoms with Crippen molar-refractivity contribution in [2.24, 2.45) is 0 Å². The summed E-state index contributed by atoms with van der Waals surface area (Å²) in [6, 6.07) is 5.58. The summed E-state index contributed by atoms with van der Waals surface area (Å²) in [6.07, 6.45) is 2.24. The van der Waals surface area contributed by atoms with Crippen LogP contribution in [0.25, 0.3) is 0 Å². The van der Waals surface area contributed by atoms with Crippen LogP contribution in [-0.4, -0.2) is 22.0 Å². The van der Waals surface area contributed by atoms with Crippen molar-refractivity contribution < 1.29 is 19.1 Å². The Hall–Kier alpha value is -2.76. The molecule has 2 rings (SSSR count). The lowest BCUT2D eigenvalue weighted by atomic mass is 10.1. The minimum absolute atomic E-state index is 0.0427. The van der Waals surface area contributed by atoms with Crippen molar-refractivity contribution in [3.63, 3.8) is 0 Å². The summed E-state index contributed by atoms with van der Waals surface area (Å²) in [6.45, 7) is 1.71. The molecule has 0 aliphatic carbocycles. The summed E-state index contributed by atoms with van der Waals surface area (Å²) in [4.78, 5) is 26.4. The van der Waals surface area contributed by atoms with Gasteiger partial charge in [-0.1, -0.05) is 6.07 Å². The second-order valence-corrected chi connectivity index (χ2v) is 4.14. The number of hydrogen-bond acceptors (Lipinski definition) is 3. The first-order valence-corrected chi connectivity index (χ1v) is 5.74. The molecule has 1 aromatic heterocycles. The number of nitrogens with zero attached hydrogens (tertiary/aromatic N) is 1. The van der Waals surface area contributed by atoms with Gasteiger partial charge in [0.1, 0.15) is 0 Å². The number of carbonyl (C=O) groups is 2. The second kappa shape index (κ2) is 5.48. The number of amides is 1. The lowest BCUT2D eigenvalue weighted by Crippen LogP contribution is -2.15. The van der Waals surface area contributed by atoms with Crippen molar-refractivity contribution in [1.29, 1.82) is 0 Å². The number of carboxylic acid groups (broad SMARTS) is 1. The molecular formula is C14H11FN2O3. The fourth-order valence-electron chi connectivity index (χ4n) is 1.64. The second-order valence-electron chi connectivity index (χ2n) is 4.14. The third-order valence-electron chi connectivity index (χ3n) is 2.75. The summed E-state index contributed by atoms with van der Waals surface area (Å²) in [5.74, 6) is -2.50. The van der Waals surface area contributed by atoms with Crippen molar-refractivity contribution in [2.75, 3.05) is 5.32 Å². The zero-order valence-electron chi connectivity index (χ0n) is 10.6. The first kappa shape index (κ1) is 13.7. The van der Waals surface area contributed by atoms with Crippen LogP contribution in [0.5, 0.6) is 0 Å². The highest BCUT2D eigenvalue weighted by Crippen LogP contribution is 2.18. The van der Waals surface area contributed by atoms with Gasteiger partial charge in [-0.25, -0.2) is 9.18 Å². The van der Waals surface area contributed by atoms with E-state index in [-0.39, 0.29) is 11.1 Å². The fourth-order valence-corrected chi connectivity index (χ4v) is 1.64. The summed E-state index contributed by atoms with van der Waals surface area (Å²) < 4.78 is 13.4. The van der Waals surface area contributed by atoms with Gasteiger partial charge in [-0.05, 0) is 30.7 Å². The van der Waals surface area contributed by atoms with Crippen molar-refractivity contribution in [3.05, 3.63) is 59.2 Å². The molecule has 6 heteroatoms. The smallest absolute Gasteiger partial charge is 0.335 e. The van der Waals surface area contributed by atoms with Gasteiger partial charge in [-0.15, -0.1) is 0 Å². The molecule has 0 radical (unpaired) electrons. The van der Waals surface area contributed by atoms with E-state index in [4.69, 9.17) is 5.11 Å².